The number of hydrogen-bond acceptors (Lipinski definition) is 5. The second-order valence-corrected chi connectivity index (χ2v) is 8.50. The van der Waals surface area contributed by atoms with Gasteiger partial charge >= 0.3 is 0 Å². The molecule has 0 heterocycles. The minimum absolute atomic E-state index is 0.185. The van der Waals surface area contributed by atoms with E-state index in [-0.39, 0.29) is 11.9 Å². The smallest absolute Gasteiger partial charge is 0.261 e. The summed E-state index contributed by atoms with van der Waals surface area (Å²) in [4.78, 5) is 12.4. The normalized spacial score (nSPS) is 13.3. The lowest BCUT2D eigenvalue weighted by Gasteiger charge is -2.20. The van der Waals surface area contributed by atoms with Gasteiger partial charge in [0, 0.05) is 7.05 Å². The fraction of sp³-hybridized carbons (Fsp3) is 0.350. The summed E-state index contributed by atoms with van der Waals surface area (Å²) < 4.78 is 35.1. The number of carbonyl (C=O) groups is 1. The van der Waals surface area contributed by atoms with Crippen LogP contribution < -0.4 is 19.1 Å². The van der Waals surface area contributed by atoms with E-state index in [1.807, 2.05) is 31.2 Å². The van der Waals surface area contributed by atoms with Gasteiger partial charge in [-0.2, -0.15) is 0 Å². The first-order valence-electron chi connectivity index (χ1n) is 8.76. The molecule has 2 atom stereocenters. The molecule has 1 amide bonds. The molecular formula is C20H26N2O5S. The van der Waals surface area contributed by atoms with Crippen LogP contribution in [0.4, 0.5) is 5.69 Å². The molecule has 152 valence electrons. The fourth-order valence-corrected chi connectivity index (χ4v) is 3.00. The van der Waals surface area contributed by atoms with Gasteiger partial charge in [0.15, 0.2) is 6.10 Å². The van der Waals surface area contributed by atoms with E-state index in [9.17, 15) is 13.2 Å². The Labute approximate surface area is 166 Å². The Bertz CT molecular complexity index is 895. The van der Waals surface area contributed by atoms with Gasteiger partial charge in [0.05, 0.1) is 25.1 Å². The summed E-state index contributed by atoms with van der Waals surface area (Å²) in [5.41, 5.74) is 1.47. The molecule has 0 saturated carbocycles. The van der Waals surface area contributed by atoms with E-state index in [1.165, 1.54) is 11.4 Å². The molecule has 28 heavy (non-hydrogen) atoms. The molecule has 1 N–H and O–H groups in total. The molecule has 2 aromatic rings. The Morgan fingerprint density at radius 1 is 1.00 bits per heavy atom. The van der Waals surface area contributed by atoms with E-state index >= 15 is 0 Å². The van der Waals surface area contributed by atoms with E-state index in [2.05, 4.69) is 5.32 Å². The first-order valence-corrected chi connectivity index (χ1v) is 10.6. The Hall–Kier alpha value is -2.74. The Morgan fingerprint density at radius 3 is 2.04 bits per heavy atom. The number of nitrogens with zero attached hydrogens (tertiary/aromatic N) is 1. The number of hydrogen-bond donors (Lipinski definition) is 1. The van der Waals surface area contributed by atoms with Crippen LogP contribution in [-0.4, -0.2) is 40.8 Å². The minimum atomic E-state index is -3.33. The van der Waals surface area contributed by atoms with E-state index in [4.69, 9.17) is 9.47 Å². The number of nitrogens with one attached hydrogen (secondary N) is 1. The molecule has 0 saturated heterocycles. The number of methoxy groups -OCH3 is 1. The molecule has 0 bridgehead atoms. The quantitative estimate of drug-likeness (QED) is 0.729. The van der Waals surface area contributed by atoms with Crippen molar-refractivity contribution in [3.8, 4) is 11.5 Å². The zero-order valence-corrected chi connectivity index (χ0v) is 17.5. The Kier molecular flexibility index (Phi) is 6.90. The van der Waals surface area contributed by atoms with Gasteiger partial charge in [-0.25, -0.2) is 8.42 Å². The predicted molar refractivity (Wildman–Crippen MR) is 109 cm³/mol. The molecule has 0 radical (unpaired) electrons. The summed E-state index contributed by atoms with van der Waals surface area (Å²) in [6.45, 7) is 3.55. The van der Waals surface area contributed by atoms with Crippen molar-refractivity contribution in [3.05, 3.63) is 54.1 Å². The average Bonchev–Trinajstić information content (AvgIpc) is 2.67. The van der Waals surface area contributed by atoms with Crippen LogP contribution in [0.2, 0.25) is 0 Å². The van der Waals surface area contributed by atoms with Gasteiger partial charge in [0.1, 0.15) is 11.5 Å². The van der Waals surface area contributed by atoms with Crippen LogP contribution in [0.15, 0.2) is 48.5 Å². The lowest BCUT2D eigenvalue weighted by molar-refractivity contribution is -0.127. The molecule has 2 aromatic carbocycles. The maximum absolute atomic E-state index is 12.4. The summed E-state index contributed by atoms with van der Waals surface area (Å²) in [6.07, 6.45) is 0.424. The van der Waals surface area contributed by atoms with Crippen molar-refractivity contribution in [2.45, 2.75) is 26.0 Å². The van der Waals surface area contributed by atoms with Gasteiger partial charge in [-0.15, -0.1) is 0 Å². The van der Waals surface area contributed by atoms with Gasteiger partial charge in [-0.05, 0) is 55.8 Å². The molecule has 0 unspecified atom stereocenters. The molecule has 2 rings (SSSR count). The highest BCUT2D eigenvalue weighted by molar-refractivity contribution is 7.92. The van der Waals surface area contributed by atoms with Gasteiger partial charge in [-0.3, -0.25) is 9.10 Å². The highest BCUT2D eigenvalue weighted by Gasteiger charge is 2.18. The lowest BCUT2D eigenvalue weighted by atomic mass is 10.1. The van der Waals surface area contributed by atoms with Crippen molar-refractivity contribution in [1.29, 1.82) is 0 Å². The SMILES string of the molecule is COc1ccc([C@H](C)NC(=O)[C@H](C)Oc2ccc(N(C)S(C)(=O)=O)cc2)cc1. The molecule has 0 fully saturated rings. The Balaban J connectivity index is 1.96. The molecule has 0 aliphatic rings. The van der Waals surface area contributed by atoms with Crippen molar-refractivity contribution in [2.75, 3.05) is 24.7 Å². The molecular weight excluding hydrogens is 380 g/mol. The number of anilines is 1. The maximum Gasteiger partial charge on any atom is 0.261 e. The summed E-state index contributed by atoms with van der Waals surface area (Å²) in [6, 6.07) is 13.8. The topological polar surface area (TPSA) is 84.9 Å². The number of amides is 1. The second-order valence-electron chi connectivity index (χ2n) is 6.49. The number of benzene rings is 2. The van der Waals surface area contributed by atoms with Crippen molar-refractivity contribution >= 4 is 21.6 Å². The van der Waals surface area contributed by atoms with Crippen LogP contribution in [0, 0.1) is 0 Å². The number of rotatable bonds is 8. The highest BCUT2D eigenvalue weighted by atomic mass is 32.2. The zero-order valence-electron chi connectivity index (χ0n) is 16.7. The minimum Gasteiger partial charge on any atom is -0.497 e. The number of carbonyl (C=O) groups excluding carboxylic acids is 1. The highest BCUT2D eigenvalue weighted by Crippen LogP contribution is 2.21. The third-order valence-corrected chi connectivity index (χ3v) is 5.56. The van der Waals surface area contributed by atoms with Crippen LogP contribution in [0.5, 0.6) is 11.5 Å². The molecule has 8 heteroatoms. The maximum atomic E-state index is 12.4. The first-order chi connectivity index (χ1) is 13.1. The Morgan fingerprint density at radius 2 is 1.54 bits per heavy atom. The lowest BCUT2D eigenvalue weighted by Crippen LogP contribution is -2.37. The van der Waals surface area contributed by atoms with Crippen molar-refractivity contribution in [3.63, 3.8) is 0 Å². The zero-order chi connectivity index (χ0) is 20.9. The van der Waals surface area contributed by atoms with Crippen LogP contribution >= 0.6 is 0 Å². The molecule has 0 aromatic heterocycles. The van der Waals surface area contributed by atoms with Crippen molar-refractivity contribution in [1.82, 2.24) is 5.32 Å². The van der Waals surface area contributed by atoms with E-state index in [1.54, 1.807) is 38.3 Å². The van der Waals surface area contributed by atoms with Crippen molar-refractivity contribution in [2.24, 2.45) is 0 Å². The molecule has 0 aliphatic heterocycles. The standard InChI is InChI=1S/C20H26N2O5S/c1-14(16-6-10-18(26-4)11-7-16)21-20(23)15(2)27-19-12-8-17(9-13-19)22(3)28(5,24)25/h6-15H,1-5H3,(H,21,23)/t14-,15-/m0/s1. The van der Waals surface area contributed by atoms with Gasteiger partial charge in [-0.1, -0.05) is 12.1 Å². The molecule has 0 aliphatic carbocycles. The third-order valence-electron chi connectivity index (χ3n) is 4.35. The summed E-state index contributed by atoms with van der Waals surface area (Å²) in [5, 5.41) is 2.91. The monoisotopic (exact) mass is 406 g/mol. The van der Waals surface area contributed by atoms with E-state index < -0.39 is 16.1 Å². The van der Waals surface area contributed by atoms with Crippen LogP contribution in [0.3, 0.4) is 0 Å². The second kappa shape index (κ2) is 8.97. The van der Waals surface area contributed by atoms with Gasteiger partial charge < -0.3 is 14.8 Å². The van der Waals surface area contributed by atoms with Crippen LogP contribution in [0.1, 0.15) is 25.5 Å². The number of sulfonamides is 1. The summed E-state index contributed by atoms with van der Waals surface area (Å²) >= 11 is 0. The van der Waals surface area contributed by atoms with Crippen LogP contribution in [0.25, 0.3) is 0 Å². The molecule has 7 nitrogen and oxygen atoms in total. The molecule has 0 spiro atoms. The largest absolute Gasteiger partial charge is 0.497 e. The van der Waals surface area contributed by atoms with Gasteiger partial charge in [0.2, 0.25) is 10.0 Å². The van der Waals surface area contributed by atoms with E-state index in [0.717, 1.165) is 17.6 Å². The van der Waals surface area contributed by atoms with Crippen LogP contribution in [-0.2, 0) is 14.8 Å². The van der Waals surface area contributed by atoms with Gasteiger partial charge in [0.25, 0.3) is 5.91 Å². The van der Waals surface area contributed by atoms with E-state index in [0.29, 0.717) is 11.4 Å². The van der Waals surface area contributed by atoms with Crippen molar-refractivity contribution < 1.29 is 22.7 Å². The third kappa shape index (κ3) is 5.63. The average molecular weight is 407 g/mol. The predicted octanol–water partition coefficient (Wildman–Crippen LogP) is 2.74. The first kappa shape index (κ1) is 21.6. The fourth-order valence-electron chi connectivity index (χ4n) is 2.49. The summed E-state index contributed by atoms with van der Waals surface area (Å²) in [5.74, 6) is 0.981. The summed E-state index contributed by atoms with van der Waals surface area (Å²) in [7, 11) is -0.253. The number of ether oxygens (including phenoxy) is 2.